The second-order valence-corrected chi connectivity index (χ2v) is 5.07. The van der Waals surface area contributed by atoms with Crippen LogP contribution in [0.3, 0.4) is 0 Å². The Bertz CT molecular complexity index is 263. The van der Waals surface area contributed by atoms with Crippen molar-refractivity contribution in [2.75, 3.05) is 13.2 Å². The predicted molar refractivity (Wildman–Crippen MR) is 68.6 cm³/mol. The number of ether oxygens (including phenoxy) is 2. The van der Waals surface area contributed by atoms with Crippen molar-refractivity contribution in [3.63, 3.8) is 0 Å². The molecule has 18 heavy (non-hydrogen) atoms. The topological polar surface area (TPSA) is 52.6 Å². The lowest BCUT2D eigenvalue weighted by molar-refractivity contribution is -0.163. The molecule has 1 saturated heterocycles. The van der Waals surface area contributed by atoms with Gasteiger partial charge < -0.3 is 9.47 Å². The van der Waals surface area contributed by atoms with Crippen LogP contribution in [0, 0.1) is 5.92 Å². The maximum atomic E-state index is 10.9. The number of carbonyl (C=O) groups excluding carboxylic acids is 2. The smallest absolute Gasteiger partial charge is 0.233 e. The molecule has 0 aromatic rings. The van der Waals surface area contributed by atoms with E-state index in [2.05, 4.69) is 0 Å². The third-order valence-electron chi connectivity index (χ3n) is 2.88. The second kappa shape index (κ2) is 8.86. The molecule has 0 N–H and O–H groups in total. The molecular formula is C12H18Cl2O4. The molecule has 0 amide bonds. The van der Waals surface area contributed by atoms with E-state index in [1.54, 1.807) is 0 Å². The Morgan fingerprint density at radius 3 is 2.50 bits per heavy atom. The molecule has 0 aromatic heterocycles. The first-order valence-corrected chi connectivity index (χ1v) is 6.98. The van der Waals surface area contributed by atoms with Crippen LogP contribution in [-0.4, -0.2) is 30.0 Å². The summed E-state index contributed by atoms with van der Waals surface area (Å²) >= 11 is 10.6. The highest BCUT2D eigenvalue weighted by atomic mass is 35.5. The number of carbonyl (C=O) groups is 2. The quantitative estimate of drug-likeness (QED) is 0.393. The average molecular weight is 297 g/mol. The Kier molecular flexibility index (Phi) is 7.82. The molecule has 1 fully saturated rings. The van der Waals surface area contributed by atoms with Crippen LogP contribution in [0.15, 0.2) is 0 Å². The predicted octanol–water partition coefficient (Wildman–Crippen LogP) is 2.85. The number of rotatable bonds is 8. The monoisotopic (exact) mass is 296 g/mol. The van der Waals surface area contributed by atoms with Crippen molar-refractivity contribution in [2.24, 2.45) is 5.92 Å². The zero-order valence-corrected chi connectivity index (χ0v) is 11.7. The largest absolute Gasteiger partial charge is 0.353 e. The van der Waals surface area contributed by atoms with Gasteiger partial charge in [0.05, 0.1) is 0 Å². The van der Waals surface area contributed by atoms with E-state index < -0.39 is 16.4 Å². The van der Waals surface area contributed by atoms with Crippen molar-refractivity contribution in [2.45, 2.75) is 44.8 Å². The fourth-order valence-corrected chi connectivity index (χ4v) is 2.30. The lowest BCUT2D eigenvalue weighted by atomic mass is 10.1. The minimum atomic E-state index is -0.890. The van der Waals surface area contributed by atoms with Crippen molar-refractivity contribution in [1.82, 2.24) is 0 Å². The van der Waals surface area contributed by atoms with Crippen LogP contribution in [0.5, 0.6) is 0 Å². The minimum absolute atomic E-state index is 0.0983. The van der Waals surface area contributed by atoms with Gasteiger partial charge in [-0.05, 0) is 61.7 Å². The molecule has 1 rings (SSSR count). The van der Waals surface area contributed by atoms with E-state index in [-0.39, 0.29) is 6.29 Å². The molecule has 1 aliphatic heterocycles. The Morgan fingerprint density at radius 1 is 1.22 bits per heavy atom. The van der Waals surface area contributed by atoms with Crippen LogP contribution in [-0.2, 0) is 19.1 Å². The molecule has 0 spiro atoms. The van der Waals surface area contributed by atoms with Crippen molar-refractivity contribution in [1.29, 1.82) is 0 Å². The Morgan fingerprint density at radius 2 is 1.94 bits per heavy atom. The summed E-state index contributed by atoms with van der Waals surface area (Å²) < 4.78 is 10.9. The minimum Gasteiger partial charge on any atom is -0.353 e. The van der Waals surface area contributed by atoms with E-state index in [0.717, 1.165) is 32.3 Å². The zero-order chi connectivity index (χ0) is 13.4. The van der Waals surface area contributed by atoms with E-state index >= 15 is 0 Å². The molecule has 0 aliphatic carbocycles. The highest BCUT2D eigenvalue weighted by Crippen LogP contribution is 2.17. The summed E-state index contributed by atoms with van der Waals surface area (Å²) in [7, 11) is 0. The molecule has 0 saturated carbocycles. The van der Waals surface area contributed by atoms with Crippen LogP contribution < -0.4 is 0 Å². The maximum absolute atomic E-state index is 10.9. The molecule has 0 radical (unpaired) electrons. The molecule has 1 unspecified atom stereocenters. The highest BCUT2D eigenvalue weighted by Gasteiger charge is 2.22. The number of halogens is 2. The first-order valence-electron chi connectivity index (χ1n) is 6.23. The van der Waals surface area contributed by atoms with Crippen molar-refractivity contribution < 1.29 is 19.1 Å². The fourth-order valence-electron chi connectivity index (χ4n) is 1.82. The first-order chi connectivity index (χ1) is 8.61. The van der Waals surface area contributed by atoms with Crippen molar-refractivity contribution in [3.8, 4) is 0 Å². The Labute approximate surface area is 117 Å². The molecule has 1 heterocycles. The molecule has 1 aliphatic rings. The molecule has 6 heteroatoms. The lowest BCUT2D eigenvalue weighted by Gasteiger charge is -2.22. The molecule has 104 valence electrons. The SMILES string of the molecule is O=C(Cl)C(CCCCOC1CCCCO1)C(=O)Cl. The molecule has 1 atom stereocenters. The Balaban J connectivity index is 2.06. The standard InChI is InChI=1S/C12H18Cl2O4/c13-11(15)9(12(14)16)5-1-3-7-17-10-6-2-4-8-18-10/h9-10H,1-8H2. The average Bonchev–Trinajstić information content (AvgIpc) is 2.34. The number of hydrogen-bond acceptors (Lipinski definition) is 4. The van der Waals surface area contributed by atoms with E-state index in [4.69, 9.17) is 32.7 Å². The summed E-state index contributed by atoms with van der Waals surface area (Å²) in [5.41, 5.74) is 0. The van der Waals surface area contributed by atoms with Gasteiger partial charge in [0.1, 0.15) is 5.92 Å². The lowest BCUT2D eigenvalue weighted by Crippen LogP contribution is -2.22. The third kappa shape index (κ3) is 6.14. The van der Waals surface area contributed by atoms with Gasteiger partial charge in [0.25, 0.3) is 0 Å². The summed E-state index contributed by atoms with van der Waals surface area (Å²) in [6, 6.07) is 0. The summed E-state index contributed by atoms with van der Waals surface area (Å²) in [6.07, 6.45) is 4.87. The van der Waals surface area contributed by atoms with Crippen LogP contribution in [0.25, 0.3) is 0 Å². The van der Waals surface area contributed by atoms with Crippen molar-refractivity contribution in [3.05, 3.63) is 0 Å². The van der Waals surface area contributed by atoms with Gasteiger partial charge in [-0.25, -0.2) is 0 Å². The van der Waals surface area contributed by atoms with Gasteiger partial charge in [0, 0.05) is 13.2 Å². The summed E-state index contributed by atoms with van der Waals surface area (Å²) in [6.45, 7) is 1.32. The highest BCUT2D eigenvalue weighted by molar-refractivity contribution is 6.73. The normalized spacial score (nSPS) is 20.1. The van der Waals surface area contributed by atoms with E-state index in [9.17, 15) is 9.59 Å². The molecule has 4 nitrogen and oxygen atoms in total. The molecular weight excluding hydrogens is 279 g/mol. The summed E-state index contributed by atoms with van der Waals surface area (Å²) in [4.78, 5) is 21.8. The summed E-state index contributed by atoms with van der Waals surface area (Å²) in [5.74, 6) is -0.890. The van der Waals surface area contributed by atoms with Gasteiger partial charge >= 0.3 is 0 Å². The van der Waals surface area contributed by atoms with Crippen LogP contribution in [0.1, 0.15) is 38.5 Å². The van der Waals surface area contributed by atoms with Crippen LogP contribution >= 0.6 is 23.2 Å². The molecule has 0 bridgehead atoms. The van der Waals surface area contributed by atoms with E-state index in [1.165, 1.54) is 0 Å². The fraction of sp³-hybridized carbons (Fsp3) is 0.833. The van der Waals surface area contributed by atoms with Gasteiger partial charge in [-0.1, -0.05) is 0 Å². The third-order valence-corrected chi connectivity index (χ3v) is 3.40. The van der Waals surface area contributed by atoms with Crippen LogP contribution in [0.4, 0.5) is 0 Å². The van der Waals surface area contributed by atoms with Gasteiger partial charge in [-0.2, -0.15) is 0 Å². The first kappa shape index (κ1) is 15.9. The van der Waals surface area contributed by atoms with Gasteiger partial charge in [0.15, 0.2) is 6.29 Å². The Hall–Kier alpha value is -0.160. The van der Waals surface area contributed by atoms with Crippen LogP contribution in [0.2, 0.25) is 0 Å². The van der Waals surface area contributed by atoms with E-state index in [1.807, 2.05) is 0 Å². The second-order valence-electron chi connectivity index (χ2n) is 4.32. The van der Waals surface area contributed by atoms with Gasteiger partial charge in [-0.3, -0.25) is 9.59 Å². The zero-order valence-electron chi connectivity index (χ0n) is 10.2. The van der Waals surface area contributed by atoms with Gasteiger partial charge in [-0.15, -0.1) is 0 Å². The van der Waals surface area contributed by atoms with Crippen molar-refractivity contribution >= 4 is 33.7 Å². The number of hydrogen-bond donors (Lipinski definition) is 0. The van der Waals surface area contributed by atoms with E-state index in [0.29, 0.717) is 19.4 Å². The maximum Gasteiger partial charge on any atom is 0.233 e. The van der Waals surface area contributed by atoms with Gasteiger partial charge in [0.2, 0.25) is 10.5 Å². The molecule has 0 aromatic carbocycles. The summed E-state index contributed by atoms with van der Waals surface area (Å²) in [5, 5.41) is -1.38. The number of unbranched alkanes of at least 4 members (excludes halogenated alkanes) is 1.